The molecular formula is C21H16BrN3. The monoisotopic (exact) mass is 389 g/mol. The molecule has 3 nitrogen and oxygen atoms in total. The summed E-state index contributed by atoms with van der Waals surface area (Å²) in [4.78, 5) is 8.99. The molecule has 0 unspecified atom stereocenters. The van der Waals surface area contributed by atoms with Crippen molar-refractivity contribution >= 4 is 33.8 Å². The van der Waals surface area contributed by atoms with Crippen LogP contribution in [0.25, 0.3) is 0 Å². The van der Waals surface area contributed by atoms with Crippen LogP contribution in [0.1, 0.15) is 16.7 Å². The topological polar surface area (TPSA) is 48.6 Å². The van der Waals surface area contributed by atoms with Crippen molar-refractivity contribution in [3.05, 3.63) is 106 Å². The van der Waals surface area contributed by atoms with E-state index in [1.807, 2.05) is 84.9 Å². The van der Waals surface area contributed by atoms with E-state index in [1.165, 1.54) is 0 Å². The summed E-state index contributed by atoms with van der Waals surface area (Å²) in [6.45, 7) is 0. The highest BCUT2D eigenvalue weighted by Crippen LogP contribution is 2.14. The lowest BCUT2D eigenvalue weighted by Crippen LogP contribution is -2.04. The van der Waals surface area contributed by atoms with Gasteiger partial charge in [-0.15, -0.1) is 0 Å². The van der Waals surface area contributed by atoms with Gasteiger partial charge < -0.3 is 0 Å². The molecule has 3 rings (SSSR count). The van der Waals surface area contributed by atoms with Crippen molar-refractivity contribution in [1.82, 2.24) is 0 Å². The molecule has 25 heavy (non-hydrogen) atoms. The Balaban J connectivity index is 1.98. The Labute approximate surface area is 155 Å². The van der Waals surface area contributed by atoms with E-state index < -0.39 is 0 Å². The highest BCUT2D eigenvalue weighted by molar-refractivity contribution is 9.10. The van der Waals surface area contributed by atoms with Crippen molar-refractivity contribution in [2.75, 3.05) is 0 Å². The molecule has 0 aliphatic carbocycles. The molecule has 0 saturated carbocycles. The van der Waals surface area contributed by atoms with Crippen molar-refractivity contribution in [2.45, 2.75) is 0 Å². The van der Waals surface area contributed by atoms with Crippen LogP contribution in [0.5, 0.6) is 0 Å². The third-order valence-corrected chi connectivity index (χ3v) is 3.98. The van der Waals surface area contributed by atoms with Gasteiger partial charge in [-0.1, -0.05) is 88.7 Å². The first kappa shape index (κ1) is 17.0. The number of benzene rings is 3. The molecule has 0 bridgehead atoms. The van der Waals surface area contributed by atoms with Gasteiger partial charge in [0, 0.05) is 21.8 Å². The predicted octanol–water partition coefficient (Wildman–Crippen LogP) is 5.34. The molecule has 4 heteroatoms. The molecule has 1 N–H and O–H groups in total. The molecule has 3 aromatic rings. The fourth-order valence-corrected chi connectivity index (χ4v) is 2.64. The van der Waals surface area contributed by atoms with E-state index in [1.54, 1.807) is 6.21 Å². The Kier molecular flexibility index (Phi) is 5.65. The van der Waals surface area contributed by atoms with Gasteiger partial charge in [-0.3, -0.25) is 5.41 Å². The molecule has 0 heterocycles. The average Bonchev–Trinajstić information content (AvgIpc) is 2.66. The van der Waals surface area contributed by atoms with Gasteiger partial charge in [-0.2, -0.15) is 0 Å². The zero-order valence-corrected chi connectivity index (χ0v) is 15.0. The Morgan fingerprint density at radius 2 is 1.44 bits per heavy atom. The van der Waals surface area contributed by atoms with Crippen molar-refractivity contribution in [3.63, 3.8) is 0 Å². The van der Waals surface area contributed by atoms with Gasteiger partial charge in [0.15, 0.2) is 11.7 Å². The van der Waals surface area contributed by atoms with E-state index in [-0.39, 0.29) is 5.84 Å². The van der Waals surface area contributed by atoms with E-state index in [4.69, 9.17) is 5.41 Å². The smallest absolute Gasteiger partial charge is 0.161 e. The first-order valence-electron chi connectivity index (χ1n) is 7.80. The lowest BCUT2D eigenvalue weighted by atomic mass is 10.2. The number of rotatable bonds is 3. The zero-order chi connectivity index (χ0) is 17.5. The molecule has 122 valence electrons. The van der Waals surface area contributed by atoms with Gasteiger partial charge >= 0.3 is 0 Å². The van der Waals surface area contributed by atoms with E-state index in [2.05, 4.69) is 25.9 Å². The standard InChI is InChI=1S/C21H16BrN3/c22-19-13-7-12-18(14-19)21(24-15-16-8-3-1-4-9-16)25-20(23)17-10-5-2-6-11-17/h1-15,23H/b23-20?,24-15+,25-21-. The number of aliphatic imine (C=N–C) groups is 2. The summed E-state index contributed by atoms with van der Waals surface area (Å²) in [5.74, 6) is 0.680. The maximum absolute atomic E-state index is 8.27. The minimum Gasteiger partial charge on any atom is -0.282 e. The minimum absolute atomic E-state index is 0.181. The largest absolute Gasteiger partial charge is 0.282 e. The molecule has 0 aromatic heterocycles. The maximum atomic E-state index is 8.27. The summed E-state index contributed by atoms with van der Waals surface area (Å²) < 4.78 is 0.943. The number of nitrogens with one attached hydrogen (secondary N) is 1. The second-order valence-electron chi connectivity index (χ2n) is 5.33. The van der Waals surface area contributed by atoms with Gasteiger partial charge in [0.2, 0.25) is 0 Å². The van der Waals surface area contributed by atoms with Crippen LogP contribution in [0.15, 0.2) is 99.4 Å². The molecule has 0 amide bonds. The SMILES string of the molecule is N=C(/N=C(\N=C\c1ccccc1)c1cccc(Br)c1)c1ccccc1. The first-order chi connectivity index (χ1) is 12.2. The van der Waals surface area contributed by atoms with Crippen LogP contribution in [-0.4, -0.2) is 17.9 Å². The highest BCUT2D eigenvalue weighted by atomic mass is 79.9. The van der Waals surface area contributed by atoms with Gasteiger partial charge in [-0.25, -0.2) is 9.98 Å². The van der Waals surface area contributed by atoms with Crippen molar-refractivity contribution in [3.8, 4) is 0 Å². The number of halogens is 1. The number of nitrogens with zero attached hydrogens (tertiary/aromatic N) is 2. The third kappa shape index (κ3) is 4.81. The number of hydrogen-bond acceptors (Lipinski definition) is 1. The molecule has 0 fully saturated rings. The lowest BCUT2D eigenvalue weighted by molar-refractivity contribution is 1.39. The summed E-state index contributed by atoms with van der Waals surface area (Å²) >= 11 is 3.48. The summed E-state index contributed by atoms with van der Waals surface area (Å²) in [5.41, 5.74) is 2.59. The highest BCUT2D eigenvalue weighted by Gasteiger charge is 2.06. The van der Waals surface area contributed by atoms with Crippen molar-refractivity contribution in [2.24, 2.45) is 9.98 Å². The zero-order valence-electron chi connectivity index (χ0n) is 13.4. The van der Waals surface area contributed by atoms with Crippen molar-refractivity contribution in [1.29, 1.82) is 5.41 Å². The van der Waals surface area contributed by atoms with Crippen LogP contribution in [0.3, 0.4) is 0 Å². The summed E-state index contributed by atoms with van der Waals surface area (Å²) in [5, 5.41) is 8.27. The molecule has 0 aliphatic heterocycles. The summed E-state index contributed by atoms with van der Waals surface area (Å²) in [6, 6.07) is 27.0. The van der Waals surface area contributed by atoms with Gasteiger partial charge in [0.05, 0.1) is 0 Å². The fourth-order valence-electron chi connectivity index (χ4n) is 2.24. The first-order valence-corrected chi connectivity index (χ1v) is 8.59. The molecule has 0 atom stereocenters. The second-order valence-corrected chi connectivity index (χ2v) is 6.24. The lowest BCUT2D eigenvalue weighted by Gasteiger charge is -2.04. The maximum Gasteiger partial charge on any atom is 0.161 e. The Morgan fingerprint density at radius 1 is 0.800 bits per heavy atom. The molecule has 0 radical (unpaired) electrons. The minimum atomic E-state index is 0.181. The van der Waals surface area contributed by atoms with E-state index in [0.717, 1.165) is 21.2 Å². The molecule has 0 aliphatic rings. The molecular weight excluding hydrogens is 374 g/mol. The van der Waals surface area contributed by atoms with Crippen LogP contribution >= 0.6 is 15.9 Å². The van der Waals surface area contributed by atoms with Crippen LogP contribution in [0, 0.1) is 5.41 Å². The van der Waals surface area contributed by atoms with Gasteiger partial charge in [0.25, 0.3) is 0 Å². The van der Waals surface area contributed by atoms with Crippen LogP contribution < -0.4 is 0 Å². The number of amidine groups is 2. The predicted molar refractivity (Wildman–Crippen MR) is 108 cm³/mol. The van der Waals surface area contributed by atoms with Gasteiger partial charge in [0.1, 0.15) is 0 Å². The third-order valence-electron chi connectivity index (χ3n) is 3.48. The molecule has 0 spiro atoms. The Bertz CT molecular complexity index is 916. The Hall–Kier alpha value is -2.85. The normalized spacial score (nSPS) is 11.6. The number of hydrogen-bond donors (Lipinski definition) is 1. The van der Waals surface area contributed by atoms with Crippen molar-refractivity contribution < 1.29 is 0 Å². The molecule has 0 saturated heterocycles. The summed E-state index contributed by atoms with van der Waals surface area (Å²) in [6.07, 6.45) is 1.76. The van der Waals surface area contributed by atoms with Crippen LogP contribution in [0.4, 0.5) is 0 Å². The summed E-state index contributed by atoms with van der Waals surface area (Å²) in [7, 11) is 0. The fraction of sp³-hybridized carbons (Fsp3) is 0. The van der Waals surface area contributed by atoms with Crippen LogP contribution in [-0.2, 0) is 0 Å². The van der Waals surface area contributed by atoms with Crippen LogP contribution in [0.2, 0.25) is 0 Å². The average molecular weight is 390 g/mol. The van der Waals surface area contributed by atoms with Gasteiger partial charge in [-0.05, 0) is 17.7 Å². The quantitative estimate of drug-likeness (QED) is 0.464. The van der Waals surface area contributed by atoms with E-state index in [0.29, 0.717) is 5.84 Å². The van der Waals surface area contributed by atoms with E-state index >= 15 is 0 Å². The molecule has 3 aromatic carbocycles. The second kappa shape index (κ2) is 8.31. The van der Waals surface area contributed by atoms with E-state index in [9.17, 15) is 0 Å². The Morgan fingerprint density at radius 3 is 2.12 bits per heavy atom.